The first kappa shape index (κ1) is 40.6. The molecule has 1 aromatic carbocycles. The standard InChI is InChI=1S/C50H5BrO2/c1-3-5-7-9-11-13-15-17-19-21-23-25-27-29-31-33-35-37-39-41-43-52-49-45-48(51)46-50(47-49)53-44-42-40-38-36-34-32-30-28-26-24-22-20-18-16-14-12-10-8-6-4-2/h1-2,45-47H. The smallest absolute Gasteiger partial charge is 0.145 e. The normalized spacial score (nSPS) is 5.04. The Labute approximate surface area is 320 Å². The maximum absolute atomic E-state index is 5.35. The zero-order valence-electron chi connectivity index (χ0n) is 26.6. The Bertz CT molecular complexity index is 2880. The predicted octanol–water partition coefficient (Wildman–Crippen LogP) is 2.46. The topological polar surface area (TPSA) is 18.5 Å². The molecular weight excluding hydrogens is 712 g/mol. The summed E-state index contributed by atoms with van der Waals surface area (Å²) in [6.07, 6.45) is 14.8. The van der Waals surface area contributed by atoms with Crippen molar-refractivity contribution in [3.8, 4) is 273 Å². The second kappa shape index (κ2) is 33.0. The highest BCUT2D eigenvalue weighted by Crippen LogP contribution is 2.26. The minimum Gasteiger partial charge on any atom is -0.406 e. The van der Waals surface area contributed by atoms with Crippen molar-refractivity contribution < 1.29 is 9.47 Å². The minimum absolute atomic E-state index is 0.386. The van der Waals surface area contributed by atoms with E-state index in [1.807, 2.05) is 0 Å². The number of ether oxygens (including phenoxy) is 2. The van der Waals surface area contributed by atoms with Gasteiger partial charge in [0.1, 0.15) is 23.7 Å². The van der Waals surface area contributed by atoms with Crippen LogP contribution in [0, 0.1) is 262 Å². The number of terminal acetylenes is 2. The highest BCUT2D eigenvalue weighted by Gasteiger charge is 2.00. The number of benzene rings is 1. The van der Waals surface area contributed by atoms with Gasteiger partial charge in [0, 0.05) is 153 Å². The molecule has 0 radical (unpaired) electrons. The molecule has 53 heavy (non-hydrogen) atoms. The molecule has 0 N–H and O–H groups in total. The monoisotopic (exact) mass is 716 g/mol. The first-order valence-corrected chi connectivity index (χ1v) is 14.1. The number of hydrogen-bond acceptors (Lipinski definition) is 2. The summed E-state index contributed by atoms with van der Waals surface area (Å²) in [4.78, 5) is 0. The van der Waals surface area contributed by atoms with E-state index in [0.29, 0.717) is 16.0 Å². The maximum Gasteiger partial charge on any atom is 0.145 e. The van der Waals surface area contributed by atoms with Crippen molar-refractivity contribution in [1.29, 1.82) is 0 Å². The molecule has 0 fully saturated rings. The van der Waals surface area contributed by atoms with Gasteiger partial charge in [0.05, 0.1) is 0 Å². The third kappa shape index (κ3) is 28.8. The predicted molar refractivity (Wildman–Crippen MR) is 209 cm³/mol. The Hall–Kier alpha value is -10.4. The fourth-order valence-corrected chi connectivity index (χ4v) is 2.46. The van der Waals surface area contributed by atoms with Gasteiger partial charge in [-0.3, -0.25) is 0 Å². The lowest BCUT2D eigenvalue weighted by Gasteiger charge is -2.01. The molecule has 1 rings (SSSR count). The lowest BCUT2D eigenvalue weighted by molar-refractivity contribution is 0.495. The van der Waals surface area contributed by atoms with E-state index in [1.165, 1.54) is 0 Å². The molecule has 0 spiro atoms. The summed E-state index contributed by atoms with van der Waals surface area (Å²) in [6.45, 7) is 0. The van der Waals surface area contributed by atoms with Gasteiger partial charge in [-0.2, -0.15) is 0 Å². The second-order valence-electron chi connectivity index (χ2n) is 7.07. The zero-order valence-corrected chi connectivity index (χ0v) is 28.2. The van der Waals surface area contributed by atoms with E-state index < -0.39 is 0 Å². The van der Waals surface area contributed by atoms with Gasteiger partial charge in [-0.25, -0.2) is 0 Å². The fraction of sp³-hybridized carbons (Fsp3) is 0. The van der Waals surface area contributed by atoms with Crippen molar-refractivity contribution in [2.24, 2.45) is 0 Å². The molecule has 2 nitrogen and oxygen atoms in total. The quantitative estimate of drug-likeness (QED) is 0.439. The van der Waals surface area contributed by atoms with E-state index in [4.69, 9.17) is 22.3 Å². The molecule has 1 aromatic rings. The van der Waals surface area contributed by atoms with Gasteiger partial charge in [-0.05, 0) is 107 Å². The highest BCUT2D eigenvalue weighted by molar-refractivity contribution is 9.10. The summed E-state index contributed by atoms with van der Waals surface area (Å²) < 4.78 is 11.4. The minimum atomic E-state index is 0.386. The van der Waals surface area contributed by atoms with Crippen LogP contribution >= 0.6 is 15.9 Å². The van der Waals surface area contributed by atoms with Crippen LogP contribution in [0.2, 0.25) is 0 Å². The summed E-state index contributed by atoms with van der Waals surface area (Å²) >= 11 is 3.36. The highest BCUT2D eigenvalue weighted by atomic mass is 79.9. The molecule has 0 saturated carbocycles. The van der Waals surface area contributed by atoms with Crippen LogP contribution in [-0.2, 0) is 0 Å². The van der Waals surface area contributed by atoms with Gasteiger partial charge >= 0.3 is 0 Å². The van der Waals surface area contributed by atoms with Crippen LogP contribution in [0.1, 0.15) is 0 Å². The van der Waals surface area contributed by atoms with Crippen LogP contribution in [-0.4, -0.2) is 0 Å². The van der Waals surface area contributed by atoms with E-state index in [1.54, 1.807) is 18.2 Å². The number of rotatable bonds is 2. The van der Waals surface area contributed by atoms with Crippen LogP contribution in [0.5, 0.6) is 11.5 Å². The van der Waals surface area contributed by atoms with Crippen molar-refractivity contribution in [2.75, 3.05) is 0 Å². The largest absolute Gasteiger partial charge is 0.406 e. The third-order valence-electron chi connectivity index (χ3n) is 3.68. The Kier molecular flexibility index (Phi) is 25.3. The molecule has 0 aromatic heterocycles. The lowest BCUT2D eigenvalue weighted by Crippen LogP contribution is -1.87. The number of hydrogen-bond donors (Lipinski definition) is 0. The molecule has 0 saturated heterocycles. The first-order valence-electron chi connectivity index (χ1n) is 13.3. The van der Waals surface area contributed by atoms with Crippen molar-refractivity contribution >= 4 is 15.9 Å². The molecule has 0 atom stereocenters. The maximum atomic E-state index is 5.35. The van der Waals surface area contributed by atoms with Gasteiger partial charge in [-0.15, -0.1) is 12.8 Å². The molecule has 0 amide bonds. The van der Waals surface area contributed by atoms with Crippen LogP contribution < -0.4 is 9.47 Å². The summed E-state index contributed by atoms with van der Waals surface area (Å²) in [5, 5.41) is 0. The molecule has 0 unspecified atom stereocenters. The summed E-state index contributed by atoms with van der Waals surface area (Å²) in [5.74, 6) is 99.3. The SMILES string of the molecule is C#CC#CC#CC#CC#CC#CC#CC#CC#CC#CC#COc1cc(Br)cc(OC#CC#CC#CC#CC#CC#CC#CC#CC#CC#CC#C)c1. The average Bonchev–Trinajstić information content (AvgIpc) is 3.16. The third-order valence-corrected chi connectivity index (χ3v) is 4.14. The molecule has 0 aliphatic carbocycles. The summed E-state index contributed by atoms with van der Waals surface area (Å²) in [6, 6.07) is 4.93. The second-order valence-corrected chi connectivity index (χ2v) is 7.99. The molecule has 0 heterocycles. The Balaban J connectivity index is 2.55. The Morgan fingerprint density at radius 2 is 0.472 bits per heavy atom. The van der Waals surface area contributed by atoms with Crippen LogP contribution in [0.3, 0.4) is 0 Å². The number of halogens is 1. The molecule has 0 aliphatic heterocycles. The van der Waals surface area contributed by atoms with E-state index in [2.05, 4.69) is 265 Å². The van der Waals surface area contributed by atoms with E-state index in [-0.39, 0.29) is 0 Å². The first-order chi connectivity index (χ1) is 26.3. The van der Waals surface area contributed by atoms with Crippen LogP contribution in [0.15, 0.2) is 22.7 Å². The van der Waals surface area contributed by atoms with Crippen molar-refractivity contribution in [1.82, 2.24) is 0 Å². The van der Waals surface area contributed by atoms with E-state index in [0.717, 1.165) is 0 Å². The molecular formula is C50H5BrO2. The molecule has 3 heteroatoms. The fourth-order valence-electron chi connectivity index (χ4n) is 2.01. The van der Waals surface area contributed by atoms with E-state index >= 15 is 0 Å². The van der Waals surface area contributed by atoms with Crippen molar-refractivity contribution in [3.63, 3.8) is 0 Å². The van der Waals surface area contributed by atoms with Gasteiger partial charge in [-0.1, -0.05) is 15.9 Å². The van der Waals surface area contributed by atoms with Gasteiger partial charge in [0.25, 0.3) is 0 Å². The van der Waals surface area contributed by atoms with E-state index in [9.17, 15) is 0 Å². The van der Waals surface area contributed by atoms with Gasteiger partial charge < -0.3 is 9.47 Å². The molecule has 224 valence electrons. The van der Waals surface area contributed by atoms with Gasteiger partial charge in [0.15, 0.2) is 0 Å². The van der Waals surface area contributed by atoms with Crippen LogP contribution in [0.25, 0.3) is 0 Å². The van der Waals surface area contributed by atoms with Gasteiger partial charge in [0.2, 0.25) is 0 Å². The zero-order chi connectivity index (χ0) is 38.0. The average molecular weight is 717 g/mol. The summed E-state index contributed by atoms with van der Waals surface area (Å²) in [5.41, 5.74) is 0. The summed E-state index contributed by atoms with van der Waals surface area (Å²) in [7, 11) is 0. The molecule has 0 bridgehead atoms. The lowest BCUT2D eigenvalue weighted by atomic mass is 10.3. The van der Waals surface area contributed by atoms with Crippen LogP contribution in [0.4, 0.5) is 0 Å². The molecule has 0 aliphatic rings. The Morgan fingerprint density at radius 3 is 0.679 bits per heavy atom. The van der Waals surface area contributed by atoms with Crippen molar-refractivity contribution in [2.45, 2.75) is 0 Å². The Morgan fingerprint density at radius 1 is 0.283 bits per heavy atom. The van der Waals surface area contributed by atoms with Crippen molar-refractivity contribution in [3.05, 3.63) is 22.7 Å².